The van der Waals surface area contributed by atoms with Gasteiger partial charge in [-0.25, -0.2) is 4.68 Å². The Hall–Kier alpha value is -0.640. The van der Waals surface area contributed by atoms with Crippen LogP contribution in [0.1, 0.15) is 59.2 Å². The average Bonchev–Trinajstić information content (AvgIpc) is 2.45. The van der Waals surface area contributed by atoms with E-state index < -0.39 is 0 Å². The van der Waals surface area contributed by atoms with Crippen LogP contribution in [0.25, 0.3) is 0 Å². The lowest BCUT2D eigenvalue weighted by Crippen LogP contribution is -2.34. The molecular formula is C11H21ClN4. The number of rotatable bonds is 3. The quantitative estimate of drug-likeness (QED) is 0.768. The standard InChI is InChI=1S/C11H21ClN4/c1-8(12)9-13-14-15-16(9)11(5,6)7-10(2,3)4/h8H,7H2,1-6H3. The number of nitrogens with zero attached hydrogens (tertiary/aromatic N) is 4. The van der Waals surface area contributed by atoms with Crippen LogP contribution in [0.15, 0.2) is 0 Å². The van der Waals surface area contributed by atoms with E-state index >= 15 is 0 Å². The van der Waals surface area contributed by atoms with Gasteiger partial charge in [-0.15, -0.1) is 16.7 Å². The summed E-state index contributed by atoms with van der Waals surface area (Å²) in [4.78, 5) is 0. The second-order valence-electron chi connectivity index (χ2n) is 6.11. The zero-order valence-corrected chi connectivity index (χ0v) is 11.7. The predicted octanol–water partition coefficient (Wildman–Crippen LogP) is 3.14. The smallest absolute Gasteiger partial charge is 0.169 e. The normalized spacial score (nSPS) is 15.2. The third kappa shape index (κ3) is 3.17. The van der Waals surface area contributed by atoms with Crippen LogP contribution in [0.5, 0.6) is 0 Å². The average molecular weight is 245 g/mol. The second-order valence-corrected chi connectivity index (χ2v) is 6.77. The van der Waals surface area contributed by atoms with Gasteiger partial charge in [-0.05, 0) is 43.0 Å². The van der Waals surface area contributed by atoms with Crippen LogP contribution >= 0.6 is 11.6 Å². The molecule has 4 nitrogen and oxygen atoms in total. The van der Waals surface area contributed by atoms with Crippen molar-refractivity contribution in [3.8, 4) is 0 Å². The van der Waals surface area contributed by atoms with Crippen LogP contribution in [0.3, 0.4) is 0 Å². The van der Waals surface area contributed by atoms with E-state index in [4.69, 9.17) is 11.6 Å². The number of tetrazole rings is 1. The number of alkyl halides is 1. The molecule has 0 spiro atoms. The van der Waals surface area contributed by atoms with Gasteiger partial charge >= 0.3 is 0 Å². The minimum absolute atomic E-state index is 0.125. The molecule has 92 valence electrons. The zero-order valence-electron chi connectivity index (χ0n) is 11.0. The van der Waals surface area contributed by atoms with Gasteiger partial charge in [-0.1, -0.05) is 20.8 Å². The second kappa shape index (κ2) is 4.32. The summed E-state index contributed by atoms with van der Waals surface area (Å²) >= 11 is 6.06. The van der Waals surface area contributed by atoms with Gasteiger partial charge in [0.05, 0.1) is 10.9 Å². The third-order valence-electron chi connectivity index (χ3n) is 2.39. The molecule has 0 aromatic carbocycles. The highest BCUT2D eigenvalue weighted by molar-refractivity contribution is 6.20. The van der Waals surface area contributed by atoms with Gasteiger partial charge in [0.2, 0.25) is 0 Å². The molecule has 0 N–H and O–H groups in total. The number of halogens is 1. The molecule has 0 aliphatic carbocycles. The summed E-state index contributed by atoms with van der Waals surface area (Å²) in [5, 5.41) is 11.6. The van der Waals surface area contributed by atoms with Gasteiger partial charge in [0.15, 0.2) is 5.82 Å². The van der Waals surface area contributed by atoms with E-state index in [9.17, 15) is 0 Å². The lowest BCUT2D eigenvalue weighted by Gasteiger charge is -2.33. The van der Waals surface area contributed by atoms with E-state index in [0.29, 0.717) is 0 Å². The summed E-state index contributed by atoms with van der Waals surface area (Å²) < 4.78 is 1.84. The van der Waals surface area contributed by atoms with Gasteiger partial charge in [-0.3, -0.25) is 0 Å². The minimum Gasteiger partial charge on any atom is -0.223 e. The molecule has 1 aromatic rings. The lowest BCUT2D eigenvalue weighted by molar-refractivity contribution is 0.190. The van der Waals surface area contributed by atoms with Crippen molar-refractivity contribution < 1.29 is 0 Å². The maximum atomic E-state index is 6.06. The van der Waals surface area contributed by atoms with E-state index in [1.54, 1.807) is 0 Å². The monoisotopic (exact) mass is 244 g/mol. The topological polar surface area (TPSA) is 43.6 Å². The zero-order chi connectivity index (χ0) is 12.6. The van der Waals surface area contributed by atoms with Crippen LogP contribution in [-0.2, 0) is 5.54 Å². The fourth-order valence-corrected chi connectivity index (χ4v) is 2.38. The van der Waals surface area contributed by atoms with Crippen molar-refractivity contribution in [3.05, 3.63) is 5.82 Å². The number of hydrogen-bond donors (Lipinski definition) is 0. The molecule has 0 saturated heterocycles. The number of hydrogen-bond acceptors (Lipinski definition) is 3. The van der Waals surface area contributed by atoms with E-state index in [1.165, 1.54) is 0 Å². The maximum absolute atomic E-state index is 6.06. The molecule has 1 aromatic heterocycles. The Morgan fingerprint density at radius 3 is 2.25 bits per heavy atom. The molecule has 5 heteroatoms. The van der Waals surface area contributed by atoms with E-state index in [1.807, 2.05) is 11.6 Å². The van der Waals surface area contributed by atoms with Crippen LogP contribution in [0, 0.1) is 5.41 Å². The summed E-state index contributed by atoms with van der Waals surface area (Å²) in [7, 11) is 0. The largest absolute Gasteiger partial charge is 0.223 e. The summed E-state index contributed by atoms with van der Waals surface area (Å²) in [5.41, 5.74) is 0.0997. The molecule has 0 aliphatic heterocycles. The molecule has 0 fully saturated rings. The van der Waals surface area contributed by atoms with Crippen molar-refractivity contribution in [1.29, 1.82) is 0 Å². The van der Waals surface area contributed by atoms with Crippen molar-refractivity contribution in [3.63, 3.8) is 0 Å². The Balaban J connectivity index is 3.02. The fraction of sp³-hybridized carbons (Fsp3) is 0.909. The molecule has 1 rings (SSSR count). The van der Waals surface area contributed by atoms with Gasteiger partial charge < -0.3 is 0 Å². The predicted molar refractivity (Wildman–Crippen MR) is 65.5 cm³/mol. The van der Waals surface area contributed by atoms with Gasteiger partial charge in [0.25, 0.3) is 0 Å². The Labute approximate surface area is 102 Å². The molecule has 1 unspecified atom stereocenters. The first-order chi connectivity index (χ1) is 7.13. The Morgan fingerprint density at radius 1 is 1.25 bits per heavy atom. The van der Waals surface area contributed by atoms with Crippen molar-refractivity contribution >= 4 is 11.6 Å². The van der Waals surface area contributed by atoms with Crippen molar-refractivity contribution in [1.82, 2.24) is 20.2 Å². The third-order valence-corrected chi connectivity index (χ3v) is 2.58. The first kappa shape index (κ1) is 13.4. The fourth-order valence-electron chi connectivity index (χ4n) is 2.25. The molecule has 16 heavy (non-hydrogen) atoms. The molecule has 0 aliphatic rings. The summed E-state index contributed by atoms with van der Waals surface area (Å²) in [5.74, 6) is 0.732. The van der Waals surface area contributed by atoms with E-state index in [-0.39, 0.29) is 16.3 Å². The van der Waals surface area contributed by atoms with Gasteiger partial charge in [-0.2, -0.15) is 0 Å². The minimum atomic E-state index is -0.172. The molecule has 1 atom stereocenters. The van der Waals surface area contributed by atoms with Gasteiger partial charge in [0.1, 0.15) is 0 Å². The molecule has 0 radical (unpaired) electrons. The SMILES string of the molecule is CC(Cl)c1nnnn1C(C)(C)CC(C)(C)C. The molecule has 1 heterocycles. The van der Waals surface area contributed by atoms with Crippen molar-refractivity contribution in [2.45, 2.75) is 58.9 Å². The lowest BCUT2D eigenvalue weighted by atomic mass is 9.82. The van der Waals surface area contributed by atoms with Gasteiger partial charge in [0, 0.05) is 0 Å². The molecule has 0 bridgehead atoms. The highest BCUT2D eigenvalue weighted by Gasteiger charge is 2.31. The summed E-state index contributed by atoms with van der Waals surface area (Å²) in [6.07, 6.45) is 0.988. The first-order valence-electron chi connectivity index (χ1n) is 5.56. The maximum Gasteiger partial charge on any atom is 0.169 e. The molecular weight excluding hydrogens is 224 g/mol. The molecule has 0 amide bonds. The van der Waals surface area contributed by atoms with Crippen LogP contribution < -0.4 is 0 Å². The Bertz CT molecular complexity index is 349. The summed E-state index contributed by atoms with van der Waals surface area (Å²) in [6.45, 7) is 12.8. The highest BCUT2D eigenvalue weighted by atomic mass is 35.5. The Kier molecular flexibility index (Phi) is 3.62. The Morgan fingerprint density at radius 2 is 1.81 bits per heavy atom. The van der Waals surface area contributed by atoms with Crippen LogP contribution in [0.2, 0.25) is 0 Å². The number of aromatic nitrogens is 4. The highest BCUT2D eigenvalue weighted by Crippen LogP contribution is 2.33. The van der Waals surface area contributed by atoms with Crippen LogP contribution in [0.4, 0.5) is 0 Å². The van der Waals surface area contributed by atoms with Crippen molar-refractivity contribution in [2.24, 2.45) is 5.41 Å². The van der Waals surface area contributed by atoms with Crippen LogP contribution in [-0.4, -0.2) is 20.2 Å². The van der Waals surface area contributed by atoms with E-state index in [2.05, 4.69) is 50.1 Å². The first-order valence-corrected chi connectivity index (χ1v) is 6.00. The molecule has 0 saturated carbocycles. The summed E-state index contributed by atoms with van der Waals surface area (Å²) in [6, 6.07) is 0. The van der Waals surface area contributed by atoms with E-state index in [0.717, 1.165) is 12.2 Å². The van der Waals surface area contributed by atoms with Crippen molar-refractivity contribution in [2.75, 3.05) is 0 Å².